The van der Waals surface area contributed by atoms with Gasteiger partial charge in [0, 0.05) is 19.3 Å². The van der Waals surface area contributed by atoms with Crippen molar-refractivity contribution in [1.82, 2.24) is 0 Å². The molecule has 0 amide bonds. The molecule has 1 unspecified atom stereocenters. The second-order valence-corrected chi connectivity index (χ2v) is 22.4. The van der Waals surface area contributed by atoms with Crippen LogP contribution >= 0.6 is 0 Å². The van der Waals surface area contributed by atoms with E-state index in [4.69, 9.17) is 14.2 Å². The van der Waals surface area contributed by atoms with Gasteiger partial charge in [-0.15, -0.1) is 0 Å². The average molecular weight is 1050 g/mol. The maximum absolute atomic E-state index is 12.9. The summed E-state index contributed by atoms with van der Waals surface area (Å²) >= 11 is 0. The fraction of sp³-hybridized carbons (Fsp3) is 0.841. The lowest BCUT2D eigenvalue weighted by Gasteiger charge is -2.18. The van der Waals surface area contributed by atoms with E-state index in [-0.39, 0.29) is 31.1 Å². The third kappa shape index (κ3) is 62.1. The largest absolute Gasteiger partial charge is 0.462 e. The van der Waals surface area contributed by atoms with Crippen molar-refractivity contribution in [1.29, 1.82) is 0 Å². The third-order valence-corrected chi connectivity index (χ3v) is 14.8. The summed E-state index contributed by atoms with van der Waals surface area (Å²) in [6.07, 6.45) is 79.8. The van der Waals surface area contributed by atoms with Gasteiger partial charge < -0.3 is 14.2 Å². The van der Waals surface area contributed by atoms with Crippen molar-refractivity contribution < 1.29 is 28.6 Å². The summed E-state index contributed by atoms with van der Waals surface area (Å²) < 4.78 is 16.9. The van der Waals surface area contributed by atoms with Crippen LogP contribution in [0, 0.1) is 0 Å². The zero-order valence-electron chi connectivity index (χ0n) is 50.3. The van der Waals surface area contributed by atoms with Crippen LogP contribution in [0.2, 0.25) is 0 Å². The fourth-order valence-corrected chi connectivity index (χ4v) is 9.76. The summed E-state index contributed by atoms with van der Waals surface area (Å²) in [6.45, 7) is 6.65. The van der Waals surface area contributed by atoms with Gasteiger partial charge in [0.05, 0.1) is 0 Å². The van der Waals surface area contributed by atoms with Gasteiger partial charge in [-0.2, -0.15) is 0 Å². The van der Waals surface area contributed by atoms with Crippen LogP contribution in [-0.4, -0.2) is 37.2 Å². The van der Waals surface area contributed by atoms with Gasteiger partial charge in [-0.25, -0.2) is 0 Å². The minimum Gasteiger partial charge on any atom is -0.462 e. The first-order valence-electron chi connectivity index (χ1n) is 33.1. The number of hydrogen-bond donors (Lipinski definition) is 0. The van der Waals surface area contributed by atoms with E-state index in [9.17, 15) is 14.4 Å². The van der Waals surface area contributed by atoms with Gasteiger partial charge in [0.15, 0.2) is 6.10 Å². The van der Waals surface area contributed by atoms with Crippen LogP contribution in [-0.2, 0) is 28.6 Å². The number of hydrogen-bond acceptors (Lipinski definition) is 6. The van der Waals surface area contributed by atoms with Crippen molar-refractivity contribution in [2.24, 2.45) is 0 Å². The number of rotatable bonds is 61. The standard InChI is InChI=1S/C69H126O6/c1-4-7-10-13-16-19-22-25-28-30-31-32-33-34-35-36-37-39-41-44-47-50-53-56-59-62-68(71)74-65-66(64-73-67(70)61-58-55-52-49-46-43-40-27-24-21-18-15-12-9-6-3)75-69(72)63-60-57-54-51-48-45-42-38-29-26-23-20-17-14-11-8-5-2/h18,21,26-27,29-31,40,66H,4-17,19-20,22-25,28,32-39,41-65H2,1-3H3/b21-18-,29-26-,31-30-,40-27-. The third-order valence-electron chi connectivity index (χ3n) is 14.8. The van der Waals surface area contributed by atoms with E-state index in [1.807, 2.05) is 0 Å². The van der Waals surface area contributed by atoms with E-state index in [1.165, 1.54) is 238 Å². The second kappa shape index (κ2) is 63.9. The predicted molar refractivity (Wildman–Crippen MR) is 325 cm³/mol. The van der Waals surface area contributed by atoms with Crippen LogP contribution in [0.4, 0.5) is 0 Å². The Hall–Kier alpha value is -2.63. The number of ether oxygens (including phenoxy) is 3. The molecule has 0 bridgehead atoms. The first kappa shape index (κ1) is 72.4. The zero-order chi connectivity index (χ0) is 54.3. The molecule has 0 saturated heterocycles. The van der Waals surface area contributed by atoms with Gasteiger partial charge in [-0.1, -0.05) is 281 Å². The first-order valence-corrected chi connectivity index (χ1v) is 33.1. The molecule has 0 aliphatic heterocycles. The molecule has 0 rings (SSSR count). The van der Waals surface area contributed by atoms with E-state index in [2.05, 4.69) is 69.4 Å². The first-order chi connectivity index (χ1) is 37.0. The van der Waals surface area contributed by atoms with Gasteiger partial charge in [0.25, 0.3) is 0 Å². The van der Waals surface area contributed by atoms with Gasteiger partial charge in [-0.05, 0) is 103 Å². The molecule has 0 aliphatic carbocycles. The van der Waals surface area contributed by atoms with Crippen LogP contribution in [0.15, 0.2) is 48.6 Å². The Morgan fingerprint density at radius 1 is 0.267 bits per heavy atom. The smallest absolute Gasteiger partial charge is 0.306 e. The molecule has 6 nitrogen and oxygen atoms in total. The quantitative estimate of drug-likeness (QED) is 0.0261. The summed E-state index contributed by atoms with van der Waals surface area (Å²) in [5, 5.41) is 0. The average Bonchev–Trinajstić information content (AvgIpc) is 3.41. The van der Waals surface area contributed by atoms with Crippen LogP contribution < -0.4 is 0 Å². The van der Waals surface area contributed by atoms with Crippen molar-refractivity contribution in [3.05, 3.63) is 48.6 Å². The highest BCUT2D eigenvalue weighted by molar-refractivity contribution is 5.71. The maximum atomic E-state index is 12.9. The molecule has 75 heavy (non-hydrogen) atoms. The normalized spacial score (nSPS) is 12.3. The van der Waals surface area contributed by atoms with Gasteiger partial charge >= 0.3 is 17.9 Å². The number of esters is 3. The number of carbonyl (C=O) groups excluding carboxylic acids is 3. The van der Waals surface area contributed by atoms with E-state index in [0.717, 1.165) is 77.0 Å². The highest BCUT2D eigenvalue weighted by Crippen LogP contribution is 2.17. The lowest BCUT2D eigenvalue weighted by atomic mass is 10.0. The molecule has 0 fully saturated rings. The van der Waals surface area contributed by atoms with Gasteiger partial charge in [0.2, 0.25) is 0 Å². The van der Waals surface area contributed by atoms with Crippen molar-refractivity contribution in [3.63, 3.8) is 0 Å². The minimum atomic E-state index is -0.781. The predicted octanol–water partition coefficient (Wildman–Crippen LogP) is 22.6. The molecule has 6 heteroatoms. The van der Waals surface area contributed by atoms with Crippen molar-refractivity contribution in [3.8, 4) is 0 Å². The topological polar surface area (TPSA) is 78.9 Å². The molecule has 0 aliphatic rings. The summed E-state index contributed by atoms with van der Waals surface area (Å²) in [6, 6.07) is 0. The molecule has 0 saturated carbocycles. The molecule has 1 atom stereocenters. The van der Waals surface area contributed by atoms with E-state index < -0.39 is 6.10 Å². The fourth-order valence-electron chi connectivity index (χ4n) is 9.76. The van der Waals surface area contributed by atoms with Crippen LogP contribution in [0.1, 0.15) is 355 Å². The van der Waals surface area contributed by atoms with Crippen LogP contribution in [0.25, 0.3) is 0 Å². The monoisotopic (exact) mass is 1050 g/mol. The molecule has 0 aromatic carbocycles. The summed E-state index contributed by atoms with van der Waals surface area (Å²) in [4.78, 5) is 38.3. The molecule has 0 spiro atoms. The molecule has 0 aromatic rings. The van der Waals surface area contributed by atoms with E-state index >= 15 is 0 Å². The Morgan fingerprint density at radius 3 is 0.773 bits per heavy atom. The number of carbonyl (C=O) groups is 3. The Bertz CT molecular complexity index is 1300. The summed E-state index contributed by atoms with van der Waals surface area (Å²) in [7, 11) is 0. The zero-order valence-corrected chi connectivity index (χ0v) is 50.3. The highest BCUT2D eigenvalue weighted by atomic mass is 16.6. The van der Waals surface area contributed by atoms with Crippen molar-refractivity contribution >= 4 is 17.9 Å². The molecule has 0 N–H and O–H groups in total. The molecular weight excluding hydrogens is 925 g/mol. The highest BCUT2D eigenvalue weighted by Gasteiger charge is 2.19. The maximum Gasteiger partial charge on any atom is 0.306 e. The lowest BCUT2D eigenvalue weighted by molar-refractivity contribution is -0.167. The Morgan fingerprint density at radius 2 is 0.480 bits per heavy atom. The Kier molecular flexibility index (Phi) is 61.7. The van der Waals surface area contributed by atoms with Crippen LogP contribution in [0.5, 0.6) is 0 Å². The Balaban J connectivity index is 4.29. The SMILES string of the molecule is CCCCC/C=C\C/C=C\CCCCCCCC(=O)OCC(COC(=O)CCCCCCCCCCCCCCC/C=C\CCCCCCCCCC)OC(=O)CCCCCCCCC/C=C\CCCCCCCC. The molecule has 438 valence electrons. The minimum absolute atomic E-state index is 0.0768. The van der Waals surface area contributed by atoms with Crippen molar-refractivity contribution in [2.45, 2.75) is 361 Å². The molecular formula is C69H126O6. The van der Waals surface area contributed by atoms with Gasteiger partial charge in [0.1, 0.15) is 13.2 Å². The second-order valence-electron chi connectivity index (χ2n) is 22.4. The Labute approximate surface area is 467 Å². The molecule has 0 aromatic heterocycles. The molecule has 0 radical (unpaired) electrons. The molecule has 0 heterocycles. The van der Waals surface area contributed by atoms with Crippen LogP contribution in [0.3, 0.4) is 0 Å². The summed E-state index contributed by atoms with van der Waals surface area (Å²) in [5.41, 5.74) is 0. The van der Waals surface area contributed by atoms with Crippen molar-refractivity contribution in [2.75, 3.05) is 13.2 Å². The van der Waals surface area contributed by atoms with E-state index in [1.54, 1.807) is 0 Å². The number of allylic oxidation sites excluding steroid dienone is 8. The lowest BCUT2D eigenvalue weighted by Crippen LogP contribution is -2.30. The summed E-state index contributed by atoms with van der Waals surface area (Å²) in [5.74, 6) is -0.875. The van der Waals surface area contributed by atoms with Gasteiger partial charge in [-0.3, -0.25) is 14.4 Å². The number of unbranched alkanes of at least 4 members (excludes halogenated alkanes) is 42. The van der Waals surface area contributed by atoms with E-state index in [0.29, 0.717) is 19.3 Å².